The fraction of sp³-hybridized carbons (Fsp3) is 0.471. The molecule has 0 unspecified atom stereocenters. The van der Waals surface area contributed by atoms with Crippen LogP contribution in [0.5, 0.6) is 5.75 Å². The maximum Gasteiger partial charge on any atom is 0.413 e. The molecule has 1 heterocycles. The summed E-state index contributed by atoms with van der Waals surface area (Å²) in [6.45, 7) is 3.02. The molecule has 1 saturated heterocycles. The smallest absolute Gasteiger partial charge is 0.413 e. The third-order valence-corrected chi connectivity index (χ3v) is 3.97. The first-order chi connectivity index (χ1) is 12.3. The number of esters is 1. The summed E-state index contributed by atoms with van der Waals surface area (Å²) >= 11 is 5.90. The van der Waals surface area contributed by atoms with Crippen molar-refractivity contribution in [3.8, 4) is 5.75 Å². The van der Waals surface area contributed by atoms with Crippen molar-refractivity contribution in [1.29, 1.82) is 0 Å². The number of ether oxygens (including phenoxy) is 3. The summed E-state index contributed by atoms with van der Waals surface area (Å²) in [5.74, 6) is -1.21. The molecule has 1 aliphatic rings. The van der Waals surface area contributed by atoms with Crippen molar-refractivity contribution in [3.63, 3.8) is 0 Å². The first kappa shape index (κ1) is 19.8. The fourth-order valence-electron chi connectivity index (χ4n) is 2.55. The summed E-state index contributed by atoms with van der Waals surface area (Å²) < 4.78 is 15.6. The van der Waals surface area contributed by atoms with Gasteiger partial charge in [0.15, 0.2) is 0 Å². The summed E-state index contributed by atoms with van der Waals surface area (Å²) in [6.07, 6.45) is -2.29. The van der Waals surface area contributed by atoms with Gasteiger partial charge in [-0.1, -0.05) is 24.6 Å². The number of carboxylic acids is 1. The monoisotopic (exact) mass is 385 g/mol. The van der Waals surface area contributed by atoms with Crippen LogP contribution in [0, 0.1) is 0 Å². The van der Waals surface area contributed by atoms with Gasteiger partial charge in [-0.05, 0) is 18.2 Å². The predicted molar refractivity (Wildman–Crippen MR) is 90.9 cm³/mol. The number of carbonyl (C=O) groups excluding carboxylic acids is 2. The molecule has 0 bridgehead atoms. The van der Waals surface area contributed by atoms with E-state index in [1.165, 1.54) is 6.92 Å². The standard InChI is InChI=1S/C17H20ClNO7/c1-3-15(20)24-10(2)25-17(23)19-9-13(8-14(19)16(21)22)26-12-6-4-5-11(18)7-12/h4-7,10,13-14H,3,8-9H2,1-2H3,(H,21,22)/t10-,13+,14+/m1/s1. The Morgan fingerprint density at radius 2 is 2.08 bits per heavy atom. The summed E-state index contributed by atoms with van der Waals surface area (Å²) in [4.78, 5) is 36.0. The van der Waals surface area contributed by atoms with Gasteiger partial charge in [-0.25, -0.2) is 9.59 Å². The van der Waals surface area contributed by atoms with E-state index in [1.807, 2.05) is 0 Å². The largest absolute Gasteiger partial charge is 0.488 e. The van der Waals surface area contributed by atoms with Crippen molar-refractivity contribution in [2.45, 2.75) is 45.1 Å². The Kier molecular flexibility index (Phi) is 6.68. The van der Waals surface area contributed by atoms with Crippen molar-refractivity contribution in [3.05, 3.63) is 29.3 Å². The molecule has 0 radical (unpaired) electrons. The topological polar surface area (TPSA) is 102 Å². The summed E-state index contributed by atoms with van der Waals surface area (Å²) in [5.41, 5.74) is 0. The van der Waals surface area contributed by atoms with Crippen LogP contribution in [0.25, 0.3) is 0 Å². The number of hydrogen-bond donors (Lipinski definition) is 1. The van der Waals surface area contributed by atoms with Gasteiger partial charge in [0.1, 0.15) is 17.9 Å². The van der Waals surface area contributed by atoms with Crippen LogP contribution in [-0.4, -0.2) is 53.0 Å². The number of halogens is 1. The lowest BCUT2D eigenvalue weighted by molar-refractivity contribution is -0.166. The van der Waals surface area contributed by atoms with Crippen LogP contribution in [-0.2, 0) is 19.1 Å². The van der Waals surface area contributed by atoms with E-state index in [0.717, 1.165) is 4.90 Å². The van der Waals surface area contributed by atoms with E-state index in [9.17, 15) is 19.5 Å². The second-order valence-corrected chi connectivity index (χ2v) is 6.17. The van der Waals surface area contributed by atoms with Gasteiger partial charge in [-0.2, -0.15) is 0 Å². The molecule has 1 aromatic rings. The second kappa shape index (κ2) is 8.75. The second-order valence-electron chi connectivity index (χ2n) is 5.73. The zero-order valence-corrected chi connectivity index (χ0v) is 15.1. The average Bonchev–Trinajstić information content (AvgIpc) is 2.98. The third kappa shape index (κ3) is 5.26. The minimum atomic E-state index is -1.17. The highest BCUT2D eigenvalue weighted by molar-refractivity contribution is 6.30. The van der Waals surface area contributed by atoms with Crippen LogP contribution in [0.4, 0.5) is 4.79 Å². The molecule has 0 spiro atoms. The maximum atomic E-state index is 12.3. The molecule has 1 N–H and O–H groups in total. The number of rotatable bonds is 6. The van der Waals surface area contributed by atoms with E-state index < -0.39 is 36.5 Å². The molecule has 0 aliphatic carbocycles. The van der Waals surface area contributed by atoms with Gasteiger partial charge < -0.3 is 19.3 Å². The molecule has 1 fully saturated rings. The molecule has 9 heteroatoms. The first-order valence-corrected chi connectivity index (χ1v) is 8.49. The minimum Gasteiger partial charge on any atom is -0.488 e. The van der Waals surface area contributed by atoms with Crippen LogP contribution in [0.3, 0.4) is 0 Å². The van der Waals surface area contributed by atoms with Crippen molar-refractivity contribution >= 4 is 29.6 Å². The number of carboxylic acid groups (broad SMARTS) is 1. The Balaban J connectivity index is 2.01. The number of aliphatic carboxylic acids is 1. The van der Waals surface area contributed by atoms with Gasteiger partial charge >= 0.3 is 18.0 Å². The third-order valence-electron chi connectivity index (χ3n) is 3.73. The van der Waals surface area contributed by atoms with Crippen molar-refractivity contribution < 1.29 is 33.7 Å². The Morgan fingerprint density at radius 1 is 1.35 bits per heavy atom. The highest BCUT2D eigenvalue weighted by Crippen LogP contribution is 2.26. The molecule has 142 valence electrons. The van der Waals surface area contributed by atoms with E-state index in [4.69, 9.17) is 25.8 Å². The van der Waals surface area contributed by atoms with Gasteiger partial charge in [-0.15, -0.1) is 0 Å². The van der Waals surface area contributed by atoms with Gasteiger partial charge in [0.2, 0.25) is 6.29 Å². The zero-order valence-electron chi connectivity index (χ0n) is 14.4. The van der Waals surface area contributed by atoms with Crippen molar-refractivity contribution in [2.75, 3.05) is 6.54 Å². The van der Waals surface area contributed by atoms with E-state index in [-0.39, 0.29) is 19.4 Å². The Hall–Kier alpha value is -2.48. The molecule has 0 aromatic heterocycles. The lowest BCUT2D eigenvalue weighted by atomic mass is 10.2. The van der Waals surface area contributed by atoms with Crippen molar-refractivity contribution in [2.24, 2.45) is 0 Å². The number of likely N-dealkylation sites (tertiary alicyclic amines) is 1. The number of amides is 1. The quantitative estimate of drug-likeness (QED) is 0.593. The highest BCUT2D eigenvalue weighted by atomic mass is 35.5. The van der Waals surface area contributed by atoms with Gasteiger partial charge in [0, 0.05) is 24.8 Å². The van der Waals surface area contributed by atoms with E-state index in [0.29, 0.717) is 10.8 Å². The molecular formula is C17H20ClNO7. The van der Waals surface area contributed by atoms with E-state index >= 15 is 0 Å². The first-order valence-electron chi connectivity index (χ1n) is 8.12. The number of hydrogen-bond acceptors (Lipinski definition) is 6. The molecule has 26 heavy (non-hydrogen) atoms. The molecule has 2 rings (SSSR count). The number of benzene rings is 1. The normalized spacial score (nSPS) is 20.3. The van der Waals surface area contributed by atoms with Crippen LogP contribution in [0.1, 0.15) is 26.7 Å². The lowest BCUT2D eigenvalue weighted by Gasteiger charge is -2.23. The molecule has 3 atom stereocenters. The highest BCUT2D eigenvalue weighted by Gasteiger charge is 2.42. The molecule has 8 nitrogen and oxygen atoms in total. The minimum absolute atomic E-state index is 0.0246. The maximum absolute atomic E-state index is 12.3. The van der Waals surface area contributed by atoms with Gasteiger partial charge in [0.05, 0.1) is 6.54 Å². The van der Waals surface area contributed by atoms with Gasteiger partial charge in [0.25, 0.3) is 0 Å². The number of nitrogens with zero attached hydrogens (tertiary/aromatic N) is 1. The predicted octanol–water partition coefficient (Wildman–Crippen LogP) is 2.68. The van der Waals surface area contributed by atoms with E-state index in [2.05, 4.69) is 0 Å². The Bertz CT molecular complexity index is 681. The molecule has 1 aromatic carbocycles. The van der Waals surface area contributed by atoms with E-state index in [1.54, 1.807) is 31.2 Å². The number of carbonyl (C=O) groups is 3. The summed E-state index contributed by atoms with van der Waals surface area (Å²) in [5, 5.41) is 9.85. The van der Waals surface area contributed by atoms with Crippen molar-refractivity contribution in [1.82, 2.24) is 4.90 Å². The summed E-state index contributed by atoms with van der Waals surface area (Å²) in [6, 6.07) is 5.59. The Morgan fingerprint density at radius 3 is 2.69 bits per heavy atom. The van der Waals surface area contributed by atoms with Crippen LogP contribution in [0.15, 0.2) is 24.3 Å². The molecule has 1 aliphatic heterocycles. The zero-order chi connectivity index (χ0) is 19.3. The average molecular weight is 386 g/mol. The lowest BCUT2D eigenvalue weighted by Crippen LogP contribution is -2.42. The molecule has 1 amide bonds. The van der Waals surface area contributed by atoms with Crippen LogP contribution in [0.2, 0.25) is 5.02 Å². The van der Waals surface area contributed by atoms with Crippen LogP contribution >= 0.6 is 11.6 Å². The van der Waals surface area contributed by atoms with Crippen LogP contribution < -0.4 is 4.74 Å². The Labute approximate surface area is 155 Å². The fourth-order valence-corrected chi connectivity index (χ4v) is 2.73. The summed E-state index contributed by atoms with van der Waals surface area (Å²) in [7, 11) is 0. The molecular weight excluding hydrogens is 366 g/mol. The SMILES string of the molecule is CCC(=O)O[C@@H](C)OC(=O)N1C[C@@H](Oc2cccc(Cl)c2)C[C@H]1C(=O)O. The van der Waals surface area contributed by atoms with Gasteiger partial charge in [-0.3, -0.25) is 9.69 Å². The molecule has 0 saturated carbocycles.